The number of primary amides is 2. The third-order valence-electron chi connectivity index (χ3n) is 11.0. The Hall–Kier alpha value is -8.05. The number of anilines is 2. The molecule has 1 aliphatic heterocycles. The molecule has 4 amide bonds. The normalized spacial score (nSPS) is 15.4. The maximum atomic E-state index is 13.9. The number of guanidine groups is 1. The van der Waals surface area contributed by atoms with Crippen LogP contribution in [0.15, 0.2) is 71.4 Å². The molecule has 1 aliphatic rings. The van der Waals surface area contributed by atoms with Gasteiger partial charge in [0.2, 0.25) is 23.7 Å². The van der Waals surface area contributed by atoms with Crippen LogP contribution in [0.1, 0.15) is 64.1 Å². The first-order chi connectivity index (χ1) is 33.0. The van der Waals surface area contributed by atoms with Gasteiger partial charge in [-0.3, -0.25) is 44.9 Å². The van der Waals surface area contributed by atoms with Crippen molar-refractivity contribution in [2.75, 3.05) is 57.6 Å². The number of nitrogens with one attached hydrogen (secondary N) is 4. The van der Waals surface area contributed by atoms with E-state index in [2.05, 4.69) is 31.0 Å². The van der Waals surface area contributed by atoms with Gasteiger partial charge in [-0.05, 0) is 76.6 Å². The van der Waals surface area contributed by atoms with Crippen molar-refractivity contribution >= 4 is 69.3 Å². The van der Waals surface area contributed by atoms with Crippen LogP contribution < -0.4 is 48.4 Å². The number of carbonyl (C=O) groups is 4. The Morgan fingerprint density at radius 2 is 1.51 bits per heavy atom. The number of likely N-dealkylation sites (N-methyl/N-ethyl adjacent to an activating group) is 1. The van der Waals surface area contributed by atoms with E-state index in [1.807, 2.05) is 19.1 Å². The molecule has 366 valence electrons. The molecule has 69 heavy (non-hydrogen) atoms. The molecular formula is C46H60N16O7. The van der Waals surface area contributed by atoms with Crippen LogP contribution in [0.25, 0.3) is 22.1 Å². The summed E-state index contributed by atoms with van der Waals surface area (Å²) < 4.78 is 23.0. The van der Waals surface area contributed by atoms with Gasteiger partial charge in [-0.1, -0.05) is 18.2 Å². The predicted octanol–water partition coefficient (Wildman–Crippen LogP) is 2.40. The Bertz CT molecular complexity index is 2870. The van der Waals surface area contributed by atoms with Gasteiger partial charge in [-0.25, -0.2) is 9.97 Å². The van der Waals surface area contributed by atoms with Crippen molar-refractivity contribution < 1.29 is 33.4 Å². The van der Waals surface area contributed by atoms with Crippen molar-refractivity contribution in [3.63, 3.8) is 0 Å². The van der Waals surface area contributed by atoms with Crippen LogP contribution in [-0.2, 0) is 29.2 Å². The highest BCUT2D eigenvalue weighted by Crippen LogP contribution is 2.33. The number of fused-ring (bicyclic) bond motifs is 2. The predicted molar refractivity (Wildman–Crippen MR) is 263 cm³/mol. The van der Waals surface area contributed by atoms with Crippen molar-refractivity contribution in [1.29, 1.82) is 5.41 Å². The second kappa shape index (κ2) is 22.6. The molecule has 23 heteroatoms. The molecule has 2 unspecified atom stereocenters. The van der Waals surface area contributed by atoms with Crippen molar-refractivity contribution in [3.05, 3.63) is 88.9 Å². The van der Waals surface area contributed by atoms with Gasteiger partial charge in [0.15, 0.2) is 5.96 Å². The molecule has 12 N–H and O–H groups in total. The van der Waals surface area contributed by atoms with Crippen molar-refractivity contribution in [2.24, 2.45) is 27.9 Å². The highest BCUT2D eigenvalue weighted by molar-refractivity contribution is 6.47. The molecule has 5 aromatic rings. The third-order valence-corrected chi connectivity index (χ3v) is 11.0. The number of aryl methyl sites for hydroxylation is 2. The SMILES string of the molecule is CCN=C(/C=C(/C)N)C(=O)Nc1nc2cc(C(N)=O)cc(OC)c2n1C/C=C/Cn1c(NC(=O)c2cc(C)nn2CC)nc2cc(C(N)=O)cc(OC/C=C/COC3CNC(CN(C)C(=N)N)C3)c21. The number of ether oxygens (including phenoxy) is 3. The maximum Gasteiger partial charge on any atom is 0.276 e. The van der Waals surface area contributed by atoms with Crippen LogP contribution in [0.5, 0.6) is 11.5 Å². The standard InChI is InChI=1S/C46H60N16O7/c1-7-52-34(17-26(3)47)42(65)56-45-54-32-19-28(40(48)63)21-36(67-6)38(32)60(45)13-9-10-14-61-39-33(55-46(61)57-43(66)35-18-27(4)58-62(35)8-2)20-29(41(49)64)22-37(39)69-16-12-11-15-68-31-23-30(53-24-31)25-59(5)44(50)51/h9-12,17-22,30-31,53H,7-8,13-16,23-25,47H2,1-6H3,(H2,48,63)(H2,49,64)(H3,50,51)(H,54,56,65)(H,55,57,66)/b10-9+,12-11+,26-17-,52-34?. The van der Waals surface area contributed by atoms with Crippen molar-refractivity contribution in [3.8, 4) is 11.5 Å². The zero-order valence-corrected chi connectivity index (χ0v) is 39.5. The lowest BCUT2D eigenvalue weighted by Crippen LogP contribution is -2.41. The summed E-state index contributed by atoms with van der Waals surface area (Å²) in [5.41, 5.74) is 26.2. The number of aliphatic imine (C=N–C) groups is 1. The zero-order valence-electron chi connectivity index (χ0n) is 39.5. The van der Waals surface area contributed by atoms with Gasteiger partial charge in [0.25, 0.3) is 11.8 Å². The fourth-order valence-corrected chi connectivity index (χ4v) is 7.73. The molecule has 2 aromatic carbocycles. The summed E-state index contributed by atoms with van der Waals surface area (Å²) in [7, 11) is 3.21. The van der Waals surface area contributed by atoms with Crippen LogP contribution in [0.4, 0.5) is 11.9 Å². The van der Waals surface area contributed by atoms with Gasteiger partial charge < -0.3 is 56.5 Å². The quantitative estimate of drug-likeness (QED) is 0.0281. The molecule has 1 fully saturated rings. The van der Waals surface area contributed by atoms with E-state index in [-0.39, 0.29) is 78.0 Å². The second-order valence-corrected chi connectivity index (χ2v) is 16.2. The minimum absolute atomic E-state index is 0.00420. The van der Waals surface area contributed by atoms with Gasteiger partial charge in [-0.15, -0.1) is 0 Å². The minimum Gasteiger partial charge on any atom is -0.494 e. The van der Waals surface area contributed by atoms with Gasteiger partial charge in [-0.2, -0.15) is 5.10 Å². The Morgan fingerprint density at radius 1 is 0.899 bits per heavy atom. The Labute approximate surface area is 398 Å². The summed E-state index contributed by atoms with van der Waals surface area (Å²) in [6.07, 6.45) is 9.45. The number of hydrogen-bond acceptors (Lipinski definition) is 14. The number of benzene rings is 2. The largest absolute Gasteiger partial charge is 0.494 e. The first-order valence-corrected chi connectivity index (χ1v) is 22.2. The second-order valence-electron chi connectivity index (χ2n) is 16.2. The van der Waals surface area contributed by atoms with Crippen LogP contribution >= 0.6 is 0 Å². The molecule has 3 aromatic heterocycles. The lowest BCUT2D eigenvalue weighted by atomic mass is 10.1. The topological polar surface area (TPSA) is 329 Å². The molecule has 0 aliphatic carbocycles. The molecule has 0 saturated carbocycles. The number of nitrogens with two attached hydrogens (primary N) is 4. The molecule has 2 atom stereocenters. The van der Waals surface area contributed by atoms with Crippen LogP contribution in [0.3, 0.4) is 0 Å². The number of amides is 4. The lowest BCUT2D eigenvalue weighted by Gasteiger charge is -2.21. The van der Waals surface area contributed by atoms with Crippen molar-refractivity contribution in [2.45, 2.75) is 65.9 Å². The van der Waals surface area contributed by atoms with E-state index in [1.54, 1.807) is 64.8 Å². The van der Waals surface area contributed by atoms with E-state index in [1.165, 1.54) is 37.5 Å². The summed E-state index contributed by atoms with van der Waals surface area (Å²) in [5.74, 6) is -1.63. The van der Waals surface area contributed by atoms with Gasteiger partial charge in [0.1, 0.15) is 40.5 Å². The maximum absolute atomic E-state index is 13.9. The number of hydrogen-bond donors (Lipinski definition) is 8. The van der Waals surface area contributed by atoms with Crippen LogP contribution in [-0.4, -0.2) is 128 Å². The van der Waals surface area contributed by atoms with E-state index in [0.29, 0.717) is 71.9 Å². The number of carbonyl (C=O) groups excluding carboxylic acids is 4. The molecule has 6 rings (SSSR count). The number of imidazole rings is 2. The molecule has 1 saturated heterocycles. The van der Waals surface area contributed by atoms with E-state index < -0.39 is 23.6 Å². The molecule has 0 radical (unpaired) electrons. The zero-order chi connectivity index (χ0) is 49.9. The summed E-state index contributed by atoms with van der Waals surface area (Å²) in [6.45, 7) is 9.75. The fourth-order valence-electron chi connectivity index (χ4n) is 7.73. The summed E-state index contributed by atoms with van der Waals surface area (Å²) >= 11 is 0. The van der Waals surface area contributed by atoms with E-state index in [4.69, 9.17) is 47.5 Å². The average molecular weight is 949 g/mol. The summed E-state index contributed by atoms with van der Waals surface area (Å²) in [5, 5.41) is 21.2. The molecule has 0 spiro atoms. The number of rotatable bonds is 22. The van der Waals surface area contributed by atoms with Gasteiger partial charge in [0.05, 0.1) is 36.5 Å². The monoisotopic (exact) mass is 948 g/mol. The Balaban J connectivity index is 1.32. The van der Waals surface area contributed by atoms with E-state index in [9.17, 15) is 19.2 Å². The fraction of sp³-hybridized carbons (Fsp3) is 0.370. The van der Waals surface area contributed by atoms with Crippen LogP contribution in [0.2, 0.25) is 0 Å². The molecule has 0 bridgehead atoms. The van der Waals surface area contributed by atoms with Crippen molar-refractivity contribution in [1.82, 2.24) is 39.1 Å². The number of aromatic nitrogens is 6. The third kappa shape index (κ3) is 12.3. The Morgan fingerprint density at radius 3 is 2.09 bits per heavy atom. The number of methoxy groups -OCH3 is 1. The first kappa shape index (κ1) is 50.4. The number of nitrogens with zero attached hydrogens (tertiary/aromatic N) is 8. The van der Waals surface area contributed by atoms with E-state index >= 15 is 0 Å². The first-order valence-electron chi connectivity index (χ1n) is 22.2. The number of allylic oxidation sites excluding steroid dienone is 3. The summed E-state index contributed by atoms with van der Waals surface area (Å²) in [6, 6.07) is 7.86. The van der Waals surface area contributed by atoms with Gasteiger partial charge >= 0.3 is 0 Å². The minimum atomic E-state index is -0.706. The molecular weight excluding hydrogens is 889 g/mol. The van der Waals surface area contributed by atoms with E-state index in [0.717, 1.165) is 6.42 Å². The average Bonchev–Trinajstić information content (AvgIpc) is 4.09. The Kier molecular flexibility index (Phi) is 16.5. The molecule has 23 nitrogen and oxygen atoms in total. The smallest absolute Gasteiger partial charge is 0.276 e. The highest BCUT2D eigenvalue weighted by Gasteiger charge is 2.26. The summed E-state index contributed by atoms with van der Waals surface area (Å²) in [4.78, 5) is 67.7. The van der Waals surface area contributed by atoms with Gasteiger partial charge in [0, 0.05) is 69.2 Å². The van der Waals surface area contributed by atoms with Crippen LogP contribution in [0, 0.1) is 12.3 Å². The highest BCUT2D eigenvalue weighted by atomic mass is 16.5. The lowest BCUT2D eigenvalue weighted by molar-refractivity contribution is -0.110. The molecule has 4 heterocycles.